The van der Waals surface area contributed by atoms with Crippen LogP contribution < -0.4 is 5.32 Å². The zero-order valence-corrected chi connectivity index (χ0v) is 17.8. The maximum atomic E-state index is 13.0. The number of hydrogen-bond acceptors (Lipinski definition) is 5. The van der Waals surface area contributed by atoms with Gasteiger partial charge in [0.1, 0.15) is 12.6 Å². The number of ketones is 1. The summed E-state index contributed by atoms with van der Waals surface area (Å²) in [4.78, 5) is 39.6. The Hall–Kier alpha value is -2.67. The molecule has 1 fully saturated rings. The normalized spacial score (nSPS) is 17.8. The molecular formula is C23H32N2O5. The van der Waals surface area contributed by atoms with Gasteiger partial charge in [-0.3, -0.25) is 14.5 Å². The van der Waals surface area contributed by atoms with Crippen LogP contribution in [-0.4, -0.2) is 53.0 Å². The number of aliphatic hydroxyl groups excluding tert-OH is 1. The molecule has 1 aromatic rings. The molecule has 1 aromatic carbocycles. The Morgan fingerprint density at radius 3 is 2.57 bits per heavy atom. The zero-order chi connectivity index (χ0) is 22.1. The highest BCUT2D eigenvalue weighted by Crippen LogP contribution is 2.20. The number of rotatable bonds is 10. The first-order valence-corrected chi connectivity index (χ1v) is 10.5. The summed E-state index contributed by atoms with van der Waals surface area (Å²) in [5, 5.41) is 12.1. The van der Waals surface area contributed by atoms with Crippen LogP contribution >= 0.6 is 0 Å². The Morgan fingerprint density at radius 1 is 1.30 bits per heavy atom. The highest BCUT2D eigenvalue weighted by atomic mass is 16.6. The van der Waals surface area contributed by atoms with Crippen LogP contribution in [0.1, 0.15) is 44.2 Å². The summed E-state index contributed by atoms with van der Waals surface area (Å²) in [5.74, 6) is -0.439. The molecule has 7 nitrogen and oxygen atoms in total. The van der Waals surface area contributed by atoms with Gasteiger partial charge in [-0.05, 0) is 29.9 Å². The number of Topliss-reactive ketones (excluding diaryl/α,β-unsaturated/α-hetero) is 1. The number of amides is 2. The largest absolute Gasteiger partial charge is 0.445 e. The van der Waals surface area contributed by atoms with Gasteiger partial charge < -0.3 is 15.2 Å². The molecule has 30 heavy (non-hydrogen) atoms. The standard InChI is InChI=1S/C23H32N2O5/c1-4-13-30-23(29)25-12-6-7-19(25)22(28)24-21(16(3)5-2)20(27)14-17-8-10-18(15-26)11-9-17/h4,8-11,16,19,21,26H,1,5-7,12-15H2,2-3H3,(H,24,28)/t16-,19-,21-/m0/s1. The van der Waals surface area contributed by atoms with E-state index in [1.165, 1.54) is 11.0 Å². The van der Waals surface area contributed by atoms with E-state index in [1.54, 1.807) is 12.1 Å². The van der Waals surface area contributed by atoms with Crippen molar-refractivity contribution in [3.8, 4) is 0 Å². The Labute approximate surface area is 178 Å². The average Bonchev–Trinajstić information content (AvgIpc) is 3.25. The Balaban J connectivity index is 2.06. The molecule has 0 bridgehead atoms. The molecule has 0 radical (unpaired) electrons. The number of benzene rings is 1. The molecule has 2 amide bonds. The molecule has 164 valence electrons. The Morgan fingerprint density at radius 2 is 1.97 bits per heavy atom. The highest BCUT2D eigenvalue weighted by Gasteiger charge is 2.37. The van der Waals surface area contributed by atoms with Crippen molar-refractivity contribution in [2.24, 2.45) is 5.92 Å². The molecule has 3 atom stereocenters. The summed E-state index contributed by atoms with van der Waals surface area (Å²) in [6.45, 7) is 7.92. The molecule has 0 unspecified atom stereocenters. The monoisotopic (exact) mass is 416 g/mol. The van der Waals surface area contributed by atoms with E-state index >= 15 is 0 Å². The maximum Gasteiger partial charge on any atom is 0.410 e. The lowest BCUT2D eigenvalue weighted by Gasteiger charge is -2.28. The van der Waals surface area contributed by atoms with Gasteiger partial charge in [0.25, 0.3) is 0 Å². The molecule has 1 heterocycles. The van der Waals surface area contributed by atoms with Crippen molar-refractivity contribution < 1.29 is 24.2 Å². The summed E-state index contributed by atoms with van der Waals surface area (Å²) in [5.41, 5.74) is 1.61. The molecule has 0 aliphatic carbocycles. The summed E-state index contributed by atoms with van der Waals surface area (Å²) in [6, 6.07) is 5.92. The summed E-state index contributed by atoms with van der Waals surface area (Å²) in [7, 11) is 0. The van der Waals surface area contributed by atoms with Gasteiger partial charge in [0, 0.05) is 13.0 Å². The predicted octanol–water partition coefficient (Wildman–Crippen LogP) is 2.61. The number of nitrogens with one attached hydrogen (secondary N) is 1. The van der Waals surface area contributed by atoms with Crippen molar-refractivity contribution in [2.45, 2.75) is 58.2 Å². The SMILES string of the molecule is C=CCOC(=O)N1CCC[C@H]1C(=O)N[C@H](C(=O)Cc1ccc(CO)cc1)[C@@H](C)CC. The predicted molar refractivity (Wildman–Crippen MR) is 114 cm³/mol. The number of carbonyl (C=O) groups excluding carboxylic acids is 3. The van der Waals surface area contributed by atoms with Crippen LogP contribution in [-0.2, 0) is 27.4 Å². The van der Waals surface area contributed by atoms with Crippen molar-refractivity contribution in [1.29, 1.82) is 0 Å². The lowest BCUT2D eigenvalue weighted by atomic mass is 9.91. The maximum absolute atomic E-state index is 13.0. The van der Waals surface area contributed by atoms with Crippen LogP contribution in [0.5, 0.6) is 0 Å². The van der Waals surface area contributed by atoms with Gasteiger partial charge >= 0.3 is 6.09 Å². The first kappa shape index (κ1) is 23.6. The van der Waals surface area contributed by atoms with E-state index in [9.17, 15) is 14.4 Å². The van der Waals surface area contributed by atoms with Gasteiger partial charge in [-0.2, -0.15) is 0 Å². The minimum Gasteiger partial charge on any atom is -0.445 e. The first-order chi connectivity index (χ1) is 14.4. The van der Waals surface area contributed by atoms with Crippen LogP contribution in [0.15, 0.2) is 36.9 Å². The van der Waals surface area contributed by atoms with Gasteiger partial charge in [-0.15, -0.1) is 0 Å². The summed E-state index contributed by atoms with van der Waals surface area (Å²) in [6.07, 6.45) is 3.11. The number of nitrogens with zero attached hydrogens (tertiary/aromatic N) is 1. The van der Waals surface area contributed by atoms with Gasteiger partial charge in [-0.1, -0.05) is 57.2 Å². The molecular weight excluding hydrogens is 384 g/mol. The second-order valence-electron chi connectivity index (χ2n) is 7.71. The van der Waals surface area contributed by atoms with E-state index < -0.39 is 18.2 Å². The molecule has 1 aliphatic heterocycles. The Bertz CT molecular complexity index is 746. The van der Waals surface area contributed by atoms with E-state index in [4.69, 9.17) is 9.84 Å². The third kappa shape index (κ3) is 6.16. The molecule has 0 saturated carbocycles. The van der Waals surface area contributed by atoms with Crippen LogP contribution in [0.3, 0.4) is 0 Å². The third-order valence-corrected chi connectivity index (χ3v) is 5.56. The number of carbonyl (C=O) groups is 3. The second kappa shape index (κ2) is 11.5. The minimum atomic E-state index is -0.634. The highest BCUT2D eigenvalue weighted by molar-refractivity contribution is 5.93. The second-order valence-corrected chi connectivity index (χ2v) is 7.71. The van der Waals surface area contributed by atoms with Gasteiger partial charge in [0.05, 0.1) is 12.6 Å². The van der Waals surface area contributed by atoms with Crippen molar-refractivity contribution in [2.75, 3.05) is 13.2 Å². The third-order valence-electron chi connectivity index (χ3n) is 5.56. The fraction of sp³-hybridized carbons (Fsp3) is 0.522. The van der Waals surface area contributed by atoms with Crippen LogP contribution in [0.4, 0.5) is 4.79 Å². The minimum absolute atomic E-state index is 0.0410. The number of aliphatic hydroxyl groups is 1. The molecule has 2 rings (SSSR count). The average molecular weight is 417 g/mol. The van der Waals surface area contributed by atoms with Gasteiger partial charge in [-0.25, -0.2) is 4.79 Å². The topological polar surface area (TPSA) is 95.9 Å². The number of ether oxygens (including phenoxy) is 1. The van der Waals surface area contributed by atoms with Crippen molar-refractivity contribution in [3.05, 3.63) is 48.0 Å². The fourth-order valence-corrected chi connectivity index (χ4v) is 3.57. The molecule has 1 aliphatic rings. The molecule has 0 aromatic heterocycles. The summed E-state index contributed by atoms with van der Waals surface area (Å²) >= 11 is 0. The fourth-order valence-electron chi connectivity index (χ4n) is 3.57. The number of hydrogen-bond donors (Lipinski definition) is 2. The van der Waals surface area contributed by atoms with Crippen LogP contribution in [0.2, 0.25) is 0 Å². The van der Waals surface area contributed by atoms with E-state index in [-0.39, 0.29) is 37.2 Å². The zero-order valence-electron chi connectivity index (χ0n) is 17.8. The Kier molecular flexibility index (Phi) is 9.05. The molecule has 0 spiro atoms. The van der Waals surface area contributed by atoms with Crippen LogP contribution in [0, 0.1) is 5.92 Å². The first-order valence-electron chi connectivity index (χ1n) is 10.5. The van der Waals surface area contributed by atoms with Crippen molar-refractivity contribution in [3.63, 3.8) is 0 Å². The van der Waals surface area contributed by atoms with E-state index in [1.807, 2.05) is 26.0 Å². The van der Waals surface area contributed by atoms with Gasteiger partial charge in [0.2, 0.25) is 5.91 Å². The van der Waals surface area contributed by atoms with E-state index in [0.29, 0.717) is 19.4 Å². The molecule has 1 saturated heterocycles. The van der Waals surface area contributed by atoms with E-state index in [2.05, 4.69) is 11.9 Å². The van der Waals surface area contributed by atoms with Crippen molar-refractivity contribution >= 4 is 17.8 Å². The quantitative estimate of drug-likeness (QED) is 0.572. The van der Waals surface area contributed by atoms with Crippen molar-refractivity contribution in [1.82, 2.24) is 10.2 Å². The van der Waals surface area contributed by atoms with Crippen LogP contribution in [0.25, 0.3) is 0 Å². The lowest BCUT2D eigenvalue weighted by molar-refractivity contribution is -0.131. The lowest BCUT2D eigenvalue weighted by Crippen LogP contribution is -2.53. The van der Waals surface area contributed by atoms with E-state index in [0.717, 1.165) is 17.5 Å². The van der Waals surface area contributed by atoms with Gasteiger partial charge in [0.15, 0.2) is 5.78 Å². The smallest absolute Gasteiger partial charge is 0.410 e. The summed E-state index contributed by atoms with van der Waals surface area (Å²) < 4.78 is 5.08. The molecule has 7 heteroatoms. The number of likely N-dealkylation sites (tertiary alicyclic amines) is 1. The molecule has 2 N–H and O–H groups in total.